The van der Waals surface area contributed by atoms with Crippen LogP contribution in [0.2, 0.25) is 0 Å². The Labute approximate surface area is 249 Å². The highest BCUT2D eigenvalue weighted by atomic mass is 31.2. The maximum atomic E-state index is 11.6. The quantitative estimate of drug-likeness (QED) is 0.194. The van der Waals surface area contributed by atoms with Crippen molar-refractivity contribution in [2.24, 2.45) is 0 Å². The third-order valence-corrected chi connectivity index (χ3v) is 11.4. The van der Waals surface area contributed by atoms with Gasteiger partial charge in [-0.05, 0) is 42.5 Å². The predicted molar refractivity (Wildman–Crippen MR) is 170 cm³/mol. The van der Waals surface area contributed by atoms with E-state index < -0.39 is 19.2 Å². The summed E-state index contributed by atoms with van der Waals surface area (Å²) in [6.07, 6.45) is 0. The SMILES string of the molecule is O=C([O-])c1ccccc1C(=O)O.Oc1cc([P+](c2ccccc2)(c2ccccc2)c2ccccc2)c(O)c2ccccc12. The first-order valence-electron chi connectivity index (χ1n) is 13.4. The molecule has 0 heterocycles. The summed E-state index contributed by atoms with van der Waals surface area (Å²) in [5.74, 6) is -2.35. The number of carboxylic acid groups (broad SMARTS) is 2. The summed E-state index contributed by atoms with van der Waals surface area (Å²) in [4.78, 5) is 20.8. The van der Waals surface area contributed by atoms with Gasteiger partial charge in [0.2, 0.25) is 0 Å². The molecule has 0 atom stereocenters. The van der Waals surface area contributed by atoms with Crippen molar-refractivity contribution in [2.45, 2.75) is 0 Å². The summed E-state index contributed by atoms with van der Waals surface area (Å²) in [5.41, 5.74) is -0.553. The summed E-state index contributed by atoms with van der Waals surface area (Å²) >= 11 is 0. The van der Waals surface area contributed by atoms with E-state index in [0.29, 0.717) is 10.8 Å². The number of carbonyl (C=O) groups excluding carboxylic acids is 1. The van der Waals surface area contributed by atoms with Crippen molar-refractivity contribution < 1.29 is 30.0 Å². The van der Waals surface area contributed by atoms with E-state index in [1.165, 1.54) is 24.3 Å². The van der Waals surface area contributed by atoms with Crippen LogP contribution in [0.15, 0.2) is 146 Å². The van der Waals surface area contributed by atoms with Crippen LogP contribution in [0.1, 0.15) is 20.7 Å². The molecule has 212 valence electrons. The molecule has 0 radical (unpaired) electrons. The first-order chi connectivity index (χ1) is 20.9. The smallest absolute Gasteiger partial charge is 0.336 e. The average Bonchev–Trinajstić information content (AvgIpc) is 3.05. The molecule has 0 aromatic heterocycles. The molecule has 0 bridgehead atoms. The zero-order chi connectivity index (χ0) is 30.4. The largest absolute Gasteiger partial charge is 0.545 e. The van der Waals surface area contributed by atoms with Crippen molar-refractivity contribution in [2.75, 3.05) is 0 Å². The van der Waals surface area contributed by atoms with Crippen molar-refractivity contribution in [3.05, 3.63) is 157 Å². The Kier molecular flexibility index (Phi) is 8.51. The predicted octanol–water partition coefficient (Wildman–Crippen LogP) is 4.62. The standard InChI is InChI=1S/C28H21O2P.C8H6O4/c29-26-20-27(28(30)25-19-11-10-18-24(25)26)31(21-12-4-1-5-13-21,22-14-6-2-7-15-22)23-16-8-3-9-17-23;9-7(10)5-3-1-2-4-6(5)8(11)12/h1-20H,(H-,29,30);1-4H,(H,9,10)(H,11,12). The number of rotatable bonds is 6. The maximum Gasteiger partial charge on any atom is 0.336 e. The molecule has 0 amide bonds. The molecule has 0 aliphatic heterocycles. The molecule has 0 unspecified atom stereocenters. The Bertz CT molecular complexity index is 1760. The van der Waals surface area contributed by atoms with Crippen LogP contribution in [0.5, 0.6) is 11.5 Å². The molecule has 43 heavy (non-hydrogen) atoms. The van der Waals surface area contributed by atoms with Crippen LogP contribution >= 0.6 is 7.26 Å². The maximum absolute atomic E-state index is 11.6. The van der Waals surface area contributed by atoms with Crippen molar-refractivity contribution >= 4 is 51.2 Å². The van der Waals surface area contributed by atoms with Gasteiger partial charge in [0.15, 0.2) is 11.1 Å². The monoisotopic (exact) mass is 586 g/mol. The molecule has 6 nitrogen and oxygen atoms in total. The van der Waals surface area contributed by atoms with Gasteiger partial charge in [0.05, 0.1) is 11.5 Å². The Morgan fingerprint density at radius 2 is 0.930 bits per heavy atom. The second kappa shape index (κ2) is 12.6. The fourth-order valence-electron chi connectivity index (χ4n) is 5.25. The van der Waals surface area contributed by atoms with Crippen molar-refractivity contribution in [1.29, 1.82) is 0 Å². The number of carbonyl (C=O) groups is 2. The number of hydrogen-bond acceptors (Lipinski definition) is 5. The van der Waals surface area contributed by atoms with Gasteiger partial charge in [-0.2, -0.15) is 0 Å². The Balaban J connectivity index is 0.000000259. The molecule has 6 rings (SSSR count). The number of hydrogen-bond donors (Lipinski definition) is 3. The normalized spacial score (nSPS) is 10.9. The lowest BCUT2D eigenvalue weighted by Gasteiger charge is -2.28. The fourth-order valence-corrected chi connectivity index (χ4v) is 9.59. The van der Waals surface area contributed by atoms with E-state index in [4.69, 9.17) is 5.11 Å². The van der Waals surface area contributed by atoms with Crippen LogP contribution in [0.3, 0.4) is 0 Å². The van der Waals surface area contributed by atoms with Gasteiger partial charge in [0.1, 0.15) is 28.9 Å². The number of phenolic OH excluding ortho intramolecular Hbond substituents is 2. The minimum absolute atomic E-state index is 0.176. The number of carboxylic acids is 2. The first-order valence-corrected chi connectivity index (χ1v) is 15.2. The molecule has 3 N–H and O–H groups in total. The second-order valence-electron chi connectivity index (χ2n) is 9.62. The van der Waals surface area contributed by atoms with E-state index in [-0.39, 0.29) is 22.6 Å². The van der Waals surface area contributed by atoms with Crippen LogP contribution in [-0.4, -0.2) is 27.3 Å². The lowest BCUT2D eigenvalue weighted by atomic mass is 10.1. The minimum Gasteiger partial charge on any atom is -0.545 e. The summed E-state index contributed by atoms with van der Waals surface area (Å²) in [5, 5.41) is 46.9. The molecular weight excluding hydrogens is 559 g/mol. The second-order valence-corrected chi connectivity index (χ2v) is 13.0. The number of aromatic carboxylic acids is 2. The fraction of sp³-hybridized carbons (Fsp3) is 0. The van der Waals surface area contributed by atoms with Gasteiger partial charge in [0.25, 0.3) is 0 Å². The van der Waals surface area contributed by atoms with Crippen LogP contribution in [-0.2, 0) is 0 Å². The molecule has 0 aliphatic rings. The van der Waals surface area contributed by atoms with Gasteiger partial charge in [-0.25, -0.2) is 4.79 Å². The number of aromatic hydroxyl groups is 2. The van der Waals surface area contributed by atoms with E-state index in [1.54, 1.807) is 6.07 Å². The zero-order valence-electron chi connectivity index (χ0n) is 22.9. The van der Waals surface area contributed by atoms with Gasteiger partial charge < -0.3 is 25.2 Å². The highest BCUT2D eigenvalue weighted by Crippen LogP contribution is 2.57. The van der Waals surface area contributed by atoms with Gasteiger partial charge in [-0.3, -0.25) is 0 Å². The Morgan fingerprint density at radius 1 is 0.535 bits per heavy atom. The van der Waals surface area contributed by atoms with E-state index in [0.717, 1.165) is 21.2 Å². The molecule has 6 aromatic carbocycles. The van der Waals surface area contributed by atoms with E-state index in [1.807, 2.05) is 78.9 Å². The summed E-state index contributed by atoms with van der Waals surface area (Å²) in [7, 11) is -2.48. The average molecular weight is 587 g/mol. The number of fused-ring (bicyclic) bond motifs is 1. The van der Waals surface area contributed by atoms with Gasteiger partial charge in [-0.15, -0.1) is 0 Å². The molecule has 0 fully saturated rings. The van der Waals surface area contributed by atoms with Gasteiger partial charge in [0, 0.05) is 22.4 Å². The molecule has 0 spiro atoms. The van der Waals surface area contributed by atoms with E-state index in [9.17, 15) is 24.9 Å². The lowest BCUT2D eigenvalue weighted by Crippen LogP contribution is -2.38. The van der Waals surface area contributed by atoms with Crippen molar-refractivity contribution in [1.82, 2.24) is 0 Å². The molecular formula is C36H27O6P. The van der Waals surface area contributed by atoms with E-state index in [2.05, 4.69) is 36.4 Å². The molecule has 7 heteroatoms. The lowest BCUT2D eigenvalue weighted by molar-refractivity contribution is -0.255. The van der Waals surface area contributed by atoms with Gasteiger partial charge >= 0.3 is 5.97 Å². The third-order valence-electron chi connectivity index (χ3n) is 7.14. The van der Waals surface area contributed by atoms with Crippen LogP contribution in [0.4, 0.5) is 0 Å². The van der Waals surface area contributed by atoms with Crippen molar-refractivity contribution in [3.63, 3.8) is 0 Å². The molecule has 0 aliphatic carbocycles. The highest BCUT2D eigenvalue weighted by molar-refractivity contribution is 8.01. The summed E-state index contributed by atoms with van der Waals surface area (Å²) in [6, 6.07) is 45.5. The van der Waals surface area contributed by atoms with Gasteiger partial charge in [-0.1, -0.05) is 97.1 Å². The van der Waals surface area contributed by atoms with Crippen LogP contribution in [0.25, 0.3) is 10.8 Å². The van der Waals surface area contributed by atoms with Crippen molar-refractivity contribution in [3.8, 4) is 11.5 Å². The molecule has 0 saturated carbocycles. The van der Waals surface area contributed by atoms with Crippen LogP contribution in [0, 0.1) is 0 Å². The molecule has 0 saturated heterocycles. The number of benzene rings is 6. The van der Waals surface area contributed by atoms with Crippen LogP contribution < -0.4 is 26.3 Å². The number of phenols is 2. The highest BCUT2D eigenvalue weighted by Gasteiger charge is 2.50. The Morgan fingerprint density at radius 3 is 1.35 bits per heavy atom. The zero-order valence-corrected chi connectivity index (χ0v) is 23.8. The topological polar surface area (TPSA) is 118 Å². The van der Waals surface area contributed by atoms with E-state index >= 15 is 0 Å². The summed E-state index contributed by atoms with van der Waals surface area (Å²) < 4.78 is 0. The minimum atomic E-state index is -2.48. The molecule has 6 aromatic rings. The third kappa shape index (κ3) is 5.56. The first kappa shape index (κ1) is 29.1. The summed E-state index contributed by atoms with van der Waals surface area (Å²) in [6.45, 7) is 0. The Hall–Kier alpha value is -5.45.